The molecule has 0 unspecified atom stereocenters. The number of halogens is 5. The van der Waals surface area contributed by atoms with Gasteiger partial charge in [-0.15, -0.1) is 0 Å². The summed E-state index contributed by atoms with van der Waals surface area (Å²) in [7, 11) is 1.73. The third kappa shape index (κ3) is 4.50. The molecule has 1 aromatic carbocycles. The van der Waals surface area contributed by atoms with Crippen molar-refractivity contribution < 1.29 is 13.9 Å². The number of nitrogens with zero attached hydrogens (tertiary/aromatic N) is 2. The van der Waals surface area contributed by atoms with Crippen LogP contribution in [-0.4, -0.2) is 15.6 Å². The van der Waals surface area contributed by atoms with Crippen LogP contribution in [-0.2, 0) is 13.7 Å². The van der Waals surface area contributed by atoms with E-state index in [2.05, 4.69) is 5.10 Å². The molecule has 3 rings (SSSR count). The number of ketones is 1. The quantitative estimate of drug-likeness (QED) is 0.169. The molecule has 0 saturated heterocycles. The first-order chi connectivity index (χ1) is 13.3. The van der Waals surface area contributed by atoms with Crippen LogP contribution >= 0.6 is 58.0 Å². The van der Waals surface area contributed by atoms with Crippen molar-refractivity contribution in [1.29, 1.82) is 0 Å². The molecule has 0 atom stereocenters. The SMILES string of the molecule is Cn1ccc(C(=O)/C=C/c2ccc(COc3c(Cl)c(Cl)c(Cl)c(Cl)c3Cl)o2)n1. The Morgan fingerprint density at radius 2 is 1.71 bits per heavy atom. The van der Waals surface area contributed by atoms with Gasteiger partial charge in [-0.05, 0) is 30.4 Å². The number of aromatic nitrogens is 2. The van der Waals surface area contributed by atoms with E-state index in [1.165, 1.54) is 12.2 Å². The molecule has 2 aromatic heterocycles. The van der Waals surface area contributed by atoms with Crippen molar-refractivity contribution >= 4 is 69.9 Å². The Balaban J connectivity index is 1.69. The van der Waals surface area contributed by atoms with Gasteiger partial charge in [0.15, 0.2) is 5.75 Å². The smallest absolute Gasteiger partial charge is 0.206 e. The Bertz CT molecular complexity index is 1040. The lowest BCUT2D eigenvalue weighted by molar-refractivity contribution is 0.104. The van der Waals surface area contributed by atoms with Gasteiger partial charge in [0.2, 0.25) is 5.78 Å². The maximum atomic E-state index is 12.0. The van der Waals surface area contributed by atoms with Gasteiger partial charge in [-0.2, -0.15) is 5.10 Å². The highest BCUT2D eigenvalue weighted by molar-refractivity contribution is 6.55. The predicted octanol–water partition coefficient (Wildman–Crippen LogP) is 6.76. The number of hydrogen-bond donors (Lipinski definition) is 0. The van der Waals surface area contributed by atoms with Gasteiger partial charge in [0.05, 0.1) is 15.1 Å². The van der Waals surface area contributed by atoms with Gasteiger partial charge >= 0.3 is 0 Å². The molecule has 0 aliphatic carbocycles. The Kier molecular flexibility index (Phi) is 6.63. The minimum Gasteiger partial charge on any atom is -0.482 e. The summed E-state index contributed by atoms with van der Waals surface area (Å²) in [5.41, 5.74) is 0.342. The minimum atomic E-state index is -0.237. The van der Waals surface area contributed by atoms with Gasteiger partial charge < -0.3 is 9.15 Å². The van der Waals surface area contributed by atoms with Crippen LogP contribution in [0.25, 0.3) is 6.08 Å². The van der Waals surface area contributed by atoms with Crippen LogP contribution in [0.2, 0.25) is 25.1 Å². The highest BCUT2D eigenvalue weighted by Crippen LogP contribution is 2.48. The lowest BCUT2D eigenvalue weighted by Crippen LogP contribution is -1.97. The molecular formula is C18H11Cl5N2O3. The first-order valence-corrected chi connectivity index (χ1v) is 9.62. The second kappa shape index (κ2) is 8.80. The molecule has 0 amide bonds. The monoisotopic (exact) mass is 478 g/mol. The van der Waals surface area contributed by atoms with E-state index in [1.807, 2.05) is 0 Å². The van der Waals surface area contributed by atoms with Gasteiger partial charge in [-0.25, -0.2) is 0 Å². The summed E-state index contributed by atoms with van der Waals surface area (Å²) >= 11 is 30.2. The van der Waals surface area contributed by atoms with Crippen molar-refractivity contribution in [3.8, 4) is 5.75 Å². The number of carbonyl (C=O) groups is 1. The topological polar surface area (TPSA) is 57.3 Å². The number of carbonyl (C=O) groups excluding carboxylic acids is 1. The van der Waals surface area contributed by atoms with Crippen molar-refractivity contribution in [2.75, 3.05) is 0 Å². The van der Waals surface area contributed by atoms with Crippen LogP contribution in [0.1, 0.15) is 22.0 Å². The van der Waals surface area contributed by atoms with Gasteiger partial charge in [0, 0.05) is 13.2 Å². The molecule has 0 aliphatic rings. The Morgan fingerprint density at radius 1 is 1.07 bits per heavy atom. The molecule has 3 aromatic rings. The van der Waals surface area contributed by atoms with Gasteiger partial charge in [-0.1, -0.05) is 58.0 Å². The third-order valence-electron chi connectivity index (χ3n) is 3.58. The minimum absolute atomic E-state index is 0.00968. The van der Waals surface area contributed by atoms with E-state index < -0.39 is 0 Å². The molecule has 0 fully saturated rings. The fourth-order valence-electron chi connectivity index (χ4n) is 2.21. The molecule has 0 bridgehead atoms. The van der Waals surface area contributed by atoms with E-state index in [4.69, 9.17) is 67.2 Å². The number of rotatable bonds is 6. The molecule has 0 saturated carbocycles. The van der Waals surface area contributed by atoms with Crippen LogP contribution in [0.15, 0.2) is 34.9 Å². The molecule has 0 spiro atoms. The van der Waals surface area contributed by atoms with Gasteiger partial charge in [0.1, 0.15) is 33.9 Å². The molecule has 0 aliphatic heterocycles. The van der Waals surface area contributed by atoms with Crippen LogP contribution < -0.4 is 4.74 Å². The zero-order valence-electron chi connectivity index (χ0n) is 14.2. The molecule has 10 heteroatoms. The zero-order valence-corrected chi connectivity index (χ0v) is 18.0. The highest BCUT2D eigenvalue weighted by Gasteiger charge is 2.21. The number of furan rings is 1. The molecule has 0 radical (unpaired) electrons. The first-order valence-electron chi connectivity index (χ1n) is 7.73. The van der Waals surface area contributed by atoms with Crippen molar-refractivity contribution in [2.24, 2.45) is 7.05 Å². The third-order valence-corrected chi connectivity index (χ3v) is 5.82. The normalized spacial score (nSPS) is 11.4. The summed E-state index contributed by atoms with van der Waals surface area (Å²) in [6.45, 7) is 0.00968. The van der Waals surface area contributed by atoms with E-state index in [-0.39, 0.29) is 43.3 Å². The highest BCUT2D eigenvalue weighted by atomic mass is 35.5. The molecule has 146 valence electrons. The average Bonchev–Trinajstić information content (AvgIpc) is 3.32. The van der Waals surface area contributed by atoms with Gasteiger partial charge in [0.25, 0.3) is 0 Å². The van der Waals surface area contributed by atoms with Crippen LogP contribution in [0.4, 0.5) is 0 Å². The van der Waals surface area contributed by atoms with E-state index in [0.717, 1.165) is 0 Å². The summed E-state index contributed by atoms with van der Waals surface area (Å²) < 4.78 is 12.7. The van der Waals surface area contributed by atoms with Crippen LogP contribution in [0.3, 0.4) is 0 Å². The fourth-order valence-corrected chi connectivity index (χ4v) is 3.44. The van der Waals surface area contributed by atoms with E-state index in [0.29, 0.717) is 17.2 Å². The summed E-state index contributed by atoms with van der Waals surface area (Å²) in [6, 6.07) is 5.00. The molecular weight excluding hydrogens is 469 g/mol. The fraction of sp³-hybridized carbons (Fsp3) is 0.111. The van der Waals surface area contributed by atoms with Gasteiger partial charge in [-0.3, -0.25) is 9.48 Å². The number of hydrogen-bond acceptors (Lipinski definition) is 4. The summed E-state index contributed by atoms with van der Waals surface area (Å²) in [6.07, 6.45) is 4.60. The average molecular weight is 481 g/mol. The zero-order chi connectivity index (χ0) is 20.4. The van der Waals surface area contributed by atoms with Crippen molar-refractivity contribution in [3.05, 3.63) is 72.8 Å². The molecule has 0 N–H and O–H groups in total. The summed E-state index contributed by atoms with van der Waals surface area (Å²) in [5, 5.41) is 4.28. The first kappa shape index (κ1) is 21.1. The van der Waals surface area contributed by atoms with Crippen molar-refractivity contribution in [1.82, 2.24) is 9.78 Å². The molecule has 5 nitrogen and oxygen atoms in total. The Morgan fingerprint density at radius 3 is 2.32 bits per heavy atom. The van der Waals surface area contributed by atoms with Crippen molar-refractivity contribution in [2.45, 2.75) is 6.61 Å². The maximum Gasteiger partial charge on any atom is 0.206 e. The number of allylic oxidation sites excluding steroid dienone is 1. The second-order valence-corrected chi connectivity index (χ2v) is 7.45. The van der Waals surface area contributed by atoms with E-state index >= 15 is 0 Å². The molecule has 28 heavy (non-hydrogen) atoms. The Labute approximate surface area is 185 Å². The summed E-state index contributed by atoms with van der Waals surface area (Å²) in [5.74, 6) is 0.798. The predicted molar refractivity (Wildman–Crippen MR) is 111 cm³/mol. The van der Waals surface area contributed by atoms with E-state index in [9.17, 15) is 4.79 Å². The maximum absolute atomic E-state index is 12.0. The van der Waals surface area contributed by atoms with Crippen LogP contribution in [0, 0.1) is 0 Å². The van der Waals surface area contributed by atoms with Crippen LogP contribution in [0.5, 0.6) is 5.75 Å². The number of benzene rings is 1. The largest absolute Gasteiger partial charge is 0.482 e. The lowest BCUT2D eigenvalue weighted by atomic mass is 10.2. The number of ether oxygens (including phenoxy) is 1. The number of aryl methyl sites for hydroxylation is 1. The lowest BCUT2D eigenvalue weighted by Gasteiger charge is -2.12. The molecule has 2 heterocycles. The summed E-state index contributed by atoms with van der Waals surface area (Å²) in [4.78, 5) is 12.0. The Hall–Kier alpha value is -1.63. The standard InChI is InChI=1S/C18H11Cl5N2O3/c1-25-7-6-11(24-25)12(26)5-4-9-2-3-10(28-9)8-27-18-16(22)14(20)13(19)15(21)17(18)23/h2-7H,8H2,1H3/b5-4+. The second-order valence-electron chi connectivity index (χ2n) is 5.56. The van der Waals surface area contributed by atoms with E-state index in [1.54, 1.807) is 36.1 Å². The van der Waals surface area contributed by atoms with Crippen molar-refractivity contribution in [3.63, 3.8) is 0 Å².